The van der Waals surface area contributed by atoms with Crippen LogP contribution in [-0.2, 0) is 0 Å². The lowest BCUT2D eigenvalue weighted by Crippen LogP contribution is -1.94. The van der Waals surface area contributed by atoms with Crippen molar-refractivity contribution in [2.45, 2.75) is 0 Å². The Morgan fingerprint density at radius 2 is 1.74 bits per heavy atom. The first-order valence-corrected chi connectivity index (χ1v) is 5.74. The molecule has 0 saturated heterocycles. The van der Waals surface area contributed by atoms with Crippen LogP contribution in [0.25, 0.3) is 21.9 Å². The second-order valence-corrected chi connectivity index (χ2v) is 4.29. The van der Waals surface area contributed by atoms with Gasteiger partial charge in [0, 0.05) is 29.4 Å². The number of benzene rings is 2. The van der Waals surface area contributed by atoms with Gasteiger partial charge in [-0.25, -0.2) is 8.78 Å². The summed E-state index contributed by atoms with van der Waals surface area (Å²) in [6, 6.07) is 9.43. The lowest BCUT2D eigenvalue weighted by atomic mass is 10.0. The van der Waals surface area contributed by atoms with Gasteiger partial charge in [0.1, 0.15) is 11.6 Å². The van der Waals surface area contributed by atoms with Gasteiger partial charge < -0.3 is 5.73 Å². The van der Waals surface area contributed by atoms with Crippen molar-refractivity contribution in [3.8, 4) is 11.1 Å². The Balaban J connectivity index is 2.21. The number of pyridine rings is 1. The maximum atomic E-state index is 13.8. The van der Waals surface area contributed by atoms with Gasteiger partial charge in [0.25, 0.3) is 0 Å². The van der Waals surface area contributed by atoms with E-state index in [9.17, 15) is 8.78 Å². The minimum absolute atomic E-state index is 0.0670. The second kappa shape index (κ2) is 4.31. The summed E-state index contributed by atoms with van der Waals surface area (Å²) < 4.78 is 27.0. The molecular weight excluding hydrogens is 246 g/mol. The van der Waals surface area contributed by atoms with Crippen LogP contribution in [0.4, 0.5) is 14.5 Å². The van der Waals surface area contributed by atoms with Gasteiger partial charge in [-0.05, 0) is 29.1 Å². The third-order valence-corrected chi connectivity index (χ3v) is 3.04. The van der Waals surface area contributed by atoms with Crippen LogP contribution in [0, 0.1) is 11.6 Å². The van der Waals surface area contributed by atoms with Crippen LogP contribution in [-0.4, -0.2) is 4.98 Å². The number of hydrogen-bond acceptors (Lipinski definition) is 2. The van der Waals surface area contributed by atoms with Crippen molar-refractivity contribution in [1.82, 2.24) is 4.98 Å². The van der Waals surface area contributed by atoms with Crippen LogP contribution < -0.4 is 5.73 Å². The Labute approximate surface area is 108 Å². The molecule has 0 aliphatic rings. The quantitative estimate of drug-likeness (QED) is 0.673. The smallest absolute Gasteiger partial charge is 0.149 e. The van der Waals surface area contributed by atoms with Crippen molar-refractivity contribution in [2.24, 2.45) is 0 Å². The molecule has 19 heavy (non-hydrogen) atoms. The third kappa shape index (κ3) is 2.01. The highest BCUT2D eigenvalue weighted by molar-refractivity contribution is 5.87. The number of aromatic nitrogens is 1. The van der Waals surface area contributed by atoms with E-state index in [2.05, 4.69) is 4.98 Å². The number of nitrogen functional groups attached to an aromatic ring is 1. The van der Waals surface area contributed by atoms with E-state index in [1.165, 1.54) is 6.07 Å². The zero-order valence-corrected chi connectivity index (χ0v) is 9.90. The summed E-state index contributed by atoms with van der Waals surface area (Å²) in [5.74, 6) is -1.38. The van der Waals surface area contributed by atoms with E-state index >= 15 is 0 Å². The van der Waals surface area contributed by atoms with Crippen LogP contribution in [0.1, 0.15) is 0 Å². The highest BCUT2D eigenvalue weighted by Crippen LogP contribution is 2.29. The highest BCUT2D eigenvalue weighted by Gasteiger charge is 2.10. The Morgan fingerprint density at radius 3 is 2.58 bits per heavy atom. The first-order chi connectivity index (χ1) is 9.15. The van der Waals surface area contributed by atoms with Crippen LogP contribution >= 0.6 is 0 Å². The molecule has 0 fully saturated rings. The molecule has 2 nitrogen and oxygen atoms in total. The molecule has 3 rings (SSSR count). The molecule has 1 heterocycles. The second-order valence-electron chi connectivity index (χ2n) is 4.29. The number of anilines is 1. The van der Waals surface area contributed by atoms with E-state index < -0.39 is 11.6 Å². The zero-order valence-electron chi connectivity index (χ0n) is 9.90. The van der Waals surface area contributed by atoms with E-state index in [0.717, 1.165) is 16.8 Å². The fourth-order valence-corrected chi connectivity index (χ4v) is 2.04. The fraction of sp³-hybridized carbons (Fsp3) is 0. The number of nitrogens with zero attached hydrogens (tertiary/aromatic N) is 1. The summed E-state index contributed by atoms with van der Waals surface area (Å²) in [4.78, 5) is 4.02. The van der Waals surface area contributed by atoms with E-state index in [4.69, 9.17) is 5.73 Å². The van der Waals surface area contributed by atoms with Gasteiger partial charge in [0.05, 0.1) is 5.69 Å². The lowest BCUT2D eigenvalue weighted by molar-refractivity contribution is 0.588. The number of hydrogen-bond donors (Lipinski definition) is 1. The van der Waals surface area contributed by atoms with Gasteiger partial charge in [-0.1, -0.05) is 12.1 Å². The third-order valence-electron chi connectivity index (χ3n) is 3.04. The van der Waals surface area contributed by atoms with Crippen molar-refractivity contribution >= 4 is 16.5 Å². The van der Waals surface area contributed by atoms with Crippen molar-refractivity contribution in [3.63, 3.8) is 0 Å². The molecular formula is C15H10F2N2. The summed E-state index contributed by atoms with van der Waals surface area (Å²) >= 11 is 0. The van der Waals surface area contributed by atoms with Crippen LogP contribution in [0.15, 0.2) is 48.8 Å². The van der Waals surface area contributed by atoms with Crippen LogP contribution in [0.2, 0.25) is 0 Å². The molecule has 0 aliphatic heterocycles. The summed E-state index contributed by atoms with van der Waals surface area (Å²) in [5, 5.41) is 1.90. The molecule has 2 aromatic carbocycles. The molecule has 0 unspecified atom stereocenters. The lowest BCUT2D eigenvalue weighted by Gasteiger charge is -2.07. The predicted octanol–water partition coefficient (Wildman–Crippen LogP) is 3.76. The number of halogens is 2. The average molecular weight is 256 g/mol. The first kappa shape index (κ1) is 11.6. The van der Waals surface area contributed by atoms with E-state index in [0.29, 0.717) is 5.56 Å². The van der Waals surface area contributed by atoms with Gasteiger partial charge >= 0.3 is 0 Å². The molecule has 0 atom stereocenters. The normalized spacial score (nSPS) is 10.8. The predicted molar refractivity (Wildman–Crippen MR) is 71.5 cm³/mol. The molecule has 4 heteroatoms. The maximum Gasteiger partial charge on any atom is 0.149 e. The molecule has 2 N–H and O–H groups in total. The first-order valence-electron chi connectivity index (χ1n) is 5.74. The number of fused-ring (bicyclic) bond motifs is 1. The monoisotopic (exact) mass is 256 g/mol. The molecule has 3 aromatic rings. The van der Waals surface area contributed by atoms with E-state index in [1.54, 1.807) is 24.5 Å². The molecule has 0 spiro atoms. The summed E-state index contributed by atoms with van der Waals surface area (Å²) in [6.07, 6.45) is 3.39. The van der Waals surface area contributed by atoms with Gasteiger partial charge in [-0.2, -0.15) is 0 Å². The van der Waals surface area contributed by atoms with Crippen molar-refractivity contribution in [3.05, 3.63) is 60.4 Å². The Hall–Kier alpha value is -2.49. The van der Waals surface area contributed by atoms with Gasteiger partial charge in [-0.3, -0.25) is 4.98 Å². The Kier molecular flexibility index (Phi) is 2.63. The molecule has 0 bridgehead atoms. The van der Waals surface area contributed by atoms with Crippen molar-refractivity contribution < 1.29 is 8.78 Å². The maximum absolute atomic E-state index is 13.8. The standard InChI is InChI=1S/C15H10F2N2/c16-13-7-14(17)15(18)6-12(13)10-2-1-9-3-4-19-8-11(9)5-10/h1-8H,18H2. The number of nitrogens with two attached hydrogens (primary N) is 1. The molecule has 94 valence electrons. The van der Waals surface area contributed by atoms with E-state index in [1.807, 2.05) is 12.1 Å². The van der Waals surface area contributed by atoms with Crippen LogP contribution in [0.3, 0.4) is 0 Å². The summed E-state index contributed by atoms with van der Waals surface area (Å²) in [6.45, 7) is 0. The summed E-state index contributed by atoms with van der Waals surface area (Å²) in [7, 11) is 0. The Bertz CT molecular complexity index is 769. The molecule has 0 aliphatic carbocycles. The topological polar surface area (TPSA) is 38.9 Å². The van der Waals surface area contributed by atoms with Gasteiger partial charge in [0.2, 0.25) is 0 Å². The minimum atomic E-state index is -0.747. The van der Waals surface area contributed by atoms with Crippen LogP contribution in [0.5, 0.6) is 0 Å². The largest absolute Gasteiger partial charge is 0.396 e. The average Bonchev–Trinajstić information content (AvgIpc) is 2.42. The molecule has 0 saturated carbocycles. The molecule has 1 aromatic heterocycles. The number of rotatable bonds is 1. The minimum Gasteiger partial charge on any atom is -0.396 e. The molecule has 0 amide bonds. The fourth-order valence-electron chi connectivity index (χ4n) is 2.04. The zero-order chi connectivity index (χ0) is 13.4. The highest BCUT2D eigenvalue weighted by atomic mass is 19.1. The van der Waals surface area contributed by atoms with Gasteiger partial charge in [0.15, 0.2) is 0 Å². The van der Waals surface area contributed by atoms with Crippen molar-refractivity contribution in [1.29, 1.82) is 0 Å². The Morgan fingerprint density at radius 1 is 0.895 bits per heavy atom. The van der Waals surface area contributed by atoms with E-state index in [-0.39, 0.29) is 11.3 Å². The SMILES string of the molecule is Nc1cc(-c2ccc3ccncc3c2)c(F)cc1F. The van der Waals surface area contributed by atoms with Gasteiger partial charge in [-0.15, -0.1) is 0 Å². The summed E-state index contributed by atoms with van der Waals surface area (Å²) in [5.41, 5.74) is 6.34. The van der Waals surface area contributed by atoms with Crippen molar-refractivity contribution in [2.75, 3.05) is 5.73 Å². The molecule has 0 radical (unpaired) electrons.